The predicted molar refractivity (Wildman–Crippen MR) is 86.4 cm³/mol. The van der Waals surface area contributed by atoms with Crippen LogP contribution in [0.1, 0.15) is 29.9 Å². The van der Waals surface area contributed by atoms with Crippen LogP contribution >= 0.6 is 15.9 Å². The SMILES string of the molecule is COc1cc(Br)cc(NCc2cccc(C3CC3)c2)c1. The fourth-order valence-electron chi connectivity index (χ4n) is 2.36. The highest BCUT2D eigenvalue weighted by Gasteiger charge is 2.23. The second-order valence-corrected chi connectivity index (χ2v) is 6.17. The Bertz CT molecular complexity index is 608. The van der Waals surface area contributed by atoms with Crippen molar-refractivity contribution in [1.29, 1.82) is 0 Å². The van der Waals surface area contributed by atoms with Crippen LogP contribution in [0, 0.1) is 0 Å². The maximum atomic E-state index is 5.28. The Morgan fingerprint density at radius 1 is 1.20 bits per heavy atom. The number of nitrogens with one attached hydrogen (secondary N) is 1. The first-order chi connectivity index (χ1) is 9.74. The molecule has 1 N–H and O–H groups in total. The van der Waals surface area contributed by atoms with Crippen molar-refractivity contribution in [2.45, 2.75) is 25.3 Å². The van der Waals surface area contributed by atoms with Gasteiger partial charge in [-0.25, -0.2) is 0 Å². The zero-order valence-corrected chi connectivity index (χ0v) is 13.1. The van der Waals surface area contributed by atoms with Gasteiger partial charge in [0.25, 0.3) is 0 Å². The van der Waals surface area contributed by atoms with Gasteiger partial charge in [-0.1, -0.05) is 40.2 Å². The zero-order valence-electron chi connectivity index (χ0n) is 11.5. The van der Waals surface area contributed by atoms with Crippen molar-refractivity contribution in [2.75, 3.05) is 12.4 Å². The van der Waals surface area contributed by atoms with Gasteiger partial charge in [-0.2, -0.15) is 0 Å². The van der Waals surface area contributed by atoms with Gasteiger partial charge >= 0.3 is 0 Å². The molecule has 3 rings (SSSR count). The number of hydrogen-bond acceptors (Lipinski definition) is 2. The van der Waals surface area contributed by atoms with Crippen LogP contribution in [0.15, 0.2) is 46.9 Å². The van der Waals surface area contributed by atoms with Crippen molar-refractivity contribution in [1.82, 2.24) is 0 Å². The highest BCUT2D eigenvalue weighted by Crippen LogP contribution is 2.40. The van der Waals surface area contributed by atoms with Crippen LogP contribution in [0.5, 0.6) is 5.75 Å². The van der Waals surface area contributed by atoms with E-state index in [1.165, 1.54) is 24.0 Å². The van der Waals surface area contributed by atoms with Crippen LogP contribution in [0.3, 0.4) is 0 Å². The van der Waals surface area contributed by atoms with Crippen LogP contribution in [0.2, 0.25) is 0 Å². The molecule has 0 unspecified atom stereocenters. The Kier molecular flexibility index (Phi) is 3.97. The molecule has 0 aromatic heterocycles. The number of rotatable bonds is 5. The Labute approximate surface area is 128 Å². The normalized spacial score (nSPS) is 14.1. The first-order valence-electron chi connectivity index (χ1n) is 6.92. The summed E-state index contributed by atoms with van der Waals surface area (Å²) in [6.07, 6.45) is 2.69. The number of methoxy groups -OCH3 is 1. The Morgan fingerprint density at radius 3 is 2.80 bits per heavy atom. The number of halogens is 1. The third-order valence-electron chi connectivity index (χ3n) is 3.60. The second-order valence-electron chi connectivity index (χ2n) is 5.25. The Hall–Kier alpha value is -1.48. The summed E-state index contributed by atoms with van der Waals surface area (Å²) in [6.45, 7) is 0.833. The van der Waals surface area contributed by atoms with E-state index in [1.54, 1.807) is 7.11 Å². The molecule has 0 saturated heterocycles. The topological polar surface area (TPSA) is 21.3 Å². The third kappa shape index (κ3) is 3.34. The molecule has 2 aromatic rings. The molecule has 1 aliphatic carbocycles. The molecule has 0 radical (unpaired) electrons. The van der Waals surface area contributed by atoms with Crippen molar-refractivity contribution >= 4 is 21.6 Å². The molecule has 0 atom stereocenters. The number of hydrogen-bond donors (Lipinski definition) is 1. The first kappa shape index (κ1) is 13.5. The van der Waals surface area contributed by atoms with Gasteiger partial charge in [-0.3, -0.25) is 0 Å². The molecular formula is C17H18BrNO. The number of ether oxygens (including phenoxy) is 1. The number of anilines is 1. The van der Waals surface area contributed by atoms with Crippen molar-refractivity contribution < 1.29 is 4.74 Å². The quantitative estimate of drug-likeness (QED) is 0.837. The fourth-order valence-corrected chi connectivity index (χ4v) is 2.83. The van der Waals surface area contributed by atoms with E-state index in [0.29, 0.717) is 0 Å². The molecule has 1 fully saturated rings. The molecule has 20 heavy (non-hydrogen) atoms. The first-order valence-corrected chi connectivity index (χ1v) is 7.71. The van der Waals surface area contributed by atoms with E-state index in [0.717, 1.165) is 28.4 Å². The second kappa shape index (κ2) is 5.88. The average molecular weight is 332 g/mol. The predicted octanol–water partition coefficient (Wildman–Crippen LogP) is 4.95. The van der Waals surface area contributed by atoms with E-state index in [-0.39, 0.29) is 0 Å². The van der Waals surface area contributed by atoms with E-state index >= 15 is 0 Å². The van der Waals surface area contributed by atoms with Gasteiger partial charge in [0.15, 0.2) is 0 Å². The molecule has 0 amide bonds. The summed E-state index contributed by atoms with van der Waals surface area (Å²) in [5, 5.41) is 3.45. The molecule has 3 heteroatoms. The molecule has 0 spiro atoms. The zero-order chi connectivity index (χ0) is 13.9. The van der Waals surface area contributed by atoms with Gasteiger partial charge in [0.05, 0.1) is 7.11 Å². The lowest BCUT2D eigenvalue weighted by Crippen LogP contribution is -2.00. The highest BCUT2D eigenvalue weighted by atomic mass is 79.9. The molecule has 0 heterocycles. The van der Waals surface area contributed by atoms with E-state index in [2.05, 4.69) is 51.6 Å². The molecular weight excluding hydrogens is 314 g/mol. The molecule has 1 saturated carbocycles. The molecule has 1 aliphatic rings. The smallest absolute Gasteiger partial charge is 0.122 e. The minimum Gasteiger partial charge on any atom is -0.497 e. The lowest BCUT2D eigenvalue weighted by Gasteiger charge is -2.10. The summed E-state index contributed by atoms with van der Waals surface area (Å²) in [5.41, 5.74) is 3.87. The van der Waals surface area contributed by atoms with Crippen LogP contribution in [-0.4, -0.2) is 7.11 Å². The standard InChI is InChI=1S/C17H18BrNO/c1-20-17-9-15(18)8-16(10-17)19-11-12-3-2-4-14(7-12)13-5-6-13/h2-4,7-10,13,19H,5-6,11H2,1H3. The molecule has 2 nitrogen and oxygen atoms in total. The molecule has 104 valence electrons. The van der Waals surface area contributed by atoms with Crippen LogP contribution in [-0.2, 0) is 6.54 Å². The average Bonchev–Trinajstić information content (AvgIpc) is 3.29. The van der Waals surface area contributed by atoms with Gasteiger partial charge in [0.2, 0.25) is 0 Å². The maximum absolute atomic E-state index is 5.28. The summed E-state index contributed by atoms with van der Waals surface area (Å²) in [7, 11) is 1.69. The third-order valence-corrected chi connectivity index (χ3v) is 4.06. The van der Waals surface area contributed by atoms with Crippen LogP contribution < -0.4 is 10.1 Å². The van der Waals surface area contributed by atoms with Gasteiger partial charge in [-0.05, 0) is 42.0 Å². The highest BCUT2D eigenvalue weighted by molar-refractivity contribution is 9.10. The number of benzene rings is 2. The summed E-state index contributed by atoms with van der Waals surface area (Å²) < 4.78 is 6.30. The van der Waals surface area contributed by atoms with Crippen molar-refractivity contribution in [2.24, 2.45) is 0 Å². The Morgan fingerprint density at radius 2 is 2.05 bits per heavy atom. The van der Waals surface area contributed by atoms with Gasteiger partial charge in [-0.15, -0.1) is 0 Å². The van der Waals surface area contributed by atoms with E-state index < -0.39 is 0 Å². The lowest BCUT2D eigenvalue weighted by molar-refractivity contribution is 0.414. The largest absolute Gasteiger partial charge is 0.497 e. The summed E-state index contributed by atoms with van der Waals surface area (Å²) in [4.78, 5) is 0. The monoisotopic (exact) mass is 331 g/mol. The van der Waals surface area contributed by atoms with E-state index in [1.807, 2.05) is 12.1 Å². The van der Waals surface area contributed by atoms with E-state index in [4.69, 9.17) is 4.74 Å². The molecule has 2 aromatic carbocycles. The summed E-state index contributed by atoms with van der Waals surface area (Å²) in [6, 6.07) is 14.9. The molecule has 0 aliphatic heterocycles. The maximum Gasteiger partial charge on any atom is 0.122 e. The summed E-state index contributed by atoms with van der Waals surface area (Å²) >= 11 is 3.50. The molecule has 0 bridgehead atoms. The van der Waals surface area contributed by atoms with Crippen LogP contribution in [0.25, 0.3) is 0 Å². The van der Waals surface area contributed by atoms with Gasteiger partial charge in [0.1, 0.15) is 5.75 Å². The van der Waals surface area contributed by atoms with Crippen molar-refractivity contribution in [3.8, 4) is 5.75 Å². The Balaban J connectivity index is 1.69. The van der Waals surface area contributed by atoms with Crippen molar-refractivity contribution in [3.63, 3.8) is 0 Å². The fraction of sp³-hybridized carbons (Fsp3) is 0.294. The van der Waals surface area contributed by atoms with Gasteiger partial charge in [0, 0.05) is 22.8 Å². The minimum absolute atomic E-state index is 0.806. The summed E-state index contributed by atoms with van der Waals surface area (Å²) in [5.74, 6) is 1.66. The minimum atomic E-state index is 0.806. The van der Waals surface area contributed by atoms with E-state index in [9.17, 15) is 0 Å². The lowest BCUT2D eigenvalue weighted by atomic mass is 10.1. The van der Waals surface area contributed by atoms with Crippen LogP contribution in [0.4, 0.5) is 5.69 Å². The van der Waals surface area contributed by atoms with Gasteiger partial charge < -0.3 is 10.1 Å². The van der Waals surface area contributed by atoms with Crippen molar-refractivity contribution in [3.05, 3.63) is 58.1 Å².